The molecule has 1 atom stereocenters. The molecule has 1 aliphatic heterocycles. The quantitative estimate of drug-likeness (QED) is 0.793. The van der Waals surface area contributed by atoms with Gasteiger partial charge in [0.15, 0.2) is 9.84 Å². The fourth-order valence-electron chi connectivity index (χ4n) is 2.91. The highest BCUT2D eigenvalue weighted by Crippen LogP contribution is 2.20. The highest BCUT2D eigenvalue weighted by atomic mass is 32.2. The van der Waals surface area contributed by atoms with Crippen molar-refractivity contribution in [1.29, 1.82) is 0 Å². The lowest BCUT2D eigenvalue weighted by molar-refractivity contribution is 0.253. The van der Waals surface area contributed by atoms with Gasteiger partial charge in [-0.1, -0.05) is 12.1 Å². The molecule has 2 aromatic rings. The number of hydrogen-bond acceptors (Lipinski definition) is 5. The van der Waals surface area contributed by atoms with Crippen LogP contribution in [0.15, 0.2) is 36.7 Å². The summed E-state index contributed by atoms with van der Waals surface area (Å²) in [7, 11) is 1.08. The smallest absolute Gasteiger partial charge is 0.151 e. The van der Waals surface area contributed by atoms with E-state index < -0.39 is 9.84 Å². The molecule has 1 saturated heterocycles. The van der Waals surface area contributed by atoms with Gasteiger partial charge < -0.3 is 9.30 Å². The second-order valence-corrected chi connectivity index (χ2v) is 8.59. The molecule has 1 aliphatic rings. The third-order valence-electron chi connectivity index (χ3n) is 4.48. The average Bonchev–Trinajstić information content (AvgIpc) is 3.12. The van der Waals surface area contributed by atoms with Crippen molar-refractivity contribution in [3.63, 3.8) is 0 Å². The SMILES string of the molecule is CN(Cc1ccc(OCc2nccn2C)cc1)[C@H]1CCS(=O)(=O)C1. The zero-order valence-corrected chi connectivity index (χ0v) is 14.9. The van der Waals surface area contributed by atoms with Crippen LogP contribution in [0.5, 0.6) is 5.75 Å². The molecule has 0 spiro atoms. The Labute approximate surface area is 143 Å². The Hall–Kier alpha value is -1.86. The molecule has 6 nitrogen and oxygen atoms in total. The van der Waals surface area contributed by atoms with Crippen molar-refractivity contribution in [3.05, 3.63) is 48.0 Å². The van der Waals surface area contributed by atoms with Crippen LogP contribution < -0.4 is 4.74 Å². The molecule has 130 valence electrons. The Morgan fingerprint density at radius 3 is 2.67 bits per heavy atom. The topological polar surface area (TPSA) is 64.4 Å². The average molecular weight is 349 g/mol. The lowest BCUT2D eigenvalue weighted by atomic mass is 10.1. The Morgan fingerprint density at radius 1 is 1.33 bits per heavy atom. The van der Waals surface area contributed by atoms with Crippen molar-refractivity contribution in [2.24, 2.45) is 7.05 Å². The number of aryl methyl sites for hydroxylation is 1. The third kappa shape index (κ3) is 4.15. The summed E-state index contributed by atoms with van der Waals surface area (Å²) >= 11 is 0. The van der Waals surface area contributed by atoms with Crippen molar-refractivity contribution in [2.45, 2.75) is 25.6 Å². The number of nitrogens with zero attached hydrogens (tertiary/aromatic N) is 3. The van der Waals surface area contributed by atoms with Crippen LogP contribution in [0.3, 0.4) is 0 Å². The van der Waals surface area contributed by atoms with E-state index in [1.165, 1.54) is 0 Å². The van der Waals surface area contributed by atoms with Crippen LogP contribution in [0.25, 0.3) is 0 Å². The second kappa shape index (κ2) is 6.94. The molecule has 1 fully saturated rings. The summed E-state index contributed by atoms with van der Waals surface area (Å²) < 4.78 is 30.8. The first-order chi connectivity index (χ1) is 11.4. The molecular weight excluding hydrogens is 326 g/mol. The van der Waals surface area contributed by atoms with Crippen LogP contribution in [0.2, 0.25) is 0 Å². The maximum Gasteiger partial charge on any atom is 0.151 e. The van der Waals surface area contributed by atoms with Crippen molar-refractivity contribution >= 4 is 9.84 Å². The molecule has 1 aromatic heterocycles. The van der Waals surface area contributed by atoms with E-state index in [0.29, 0.717) is 12.4 Å². The maximum atomic E-state index is 11.6. The van der Waals surface area contributed by atoms with Gasteiger partial charge in [0.2, 0.25) is 0 Å². The van der Waals surface area contributed by atoms with Gasteiger partial charge in [-0.25, -0.2) is 13.4 Å². The van der Waals surface area contributed by atoms with Crippen molar-refractivity contribution < 1.29 is 13.2 Å². The summed E-state index contributed by atoms with van der Waals surface area (Å²) in [6.45, 7) is 1.17. The summed E-state index contributed by atoms with van der Waals surface area (Å²) in [5, 5.41) is 0. The normalized spacial score (nSPS) is 19.7. The minimum atomic E-state index is -2.84. The van der Waals surface area contributed by atoms with Gasteiger partial charge in [0, 0.05) is 32.0 Å². The minimum absolute atomic E-state index is 0.120. The largest absolute Gasteiger partial charge is 0.486 e. The van der Waals surface area contributed by atoms with Crippen LogP contribution >= 0.6 is 0 Å². The van der Waals surface area contributed by atoms with Crippen LogP contribution in [-0.4, -0.2) is 47.5 Å². The molecule has 3 rings (SSSR count). The molecular formula is C17H23N3O3S. The number of imidazole rings is 1. The lowest BCUT2D eigenvalue weighted by Gasteiger charge is -2.23. The van der Waals surface area contributed by atoms with Gasteiger partial charge in [0.25, 0.3) is 0 Å². The van der Waals surface area contributed by atoms with E-state index in [-0.39, 0.29) is 11.8 Å². The van der Waals surface area contributed by atoms with E-state index in [1.54, 1.807) is 6.20 Å². The second-order valence-electron chi connectivity index (χ2n) is 6.36. The van der Waals surface area contributed by atoms with Crippen LogP contribution in [0, 0.1) is 0 Å². The van der Waals surface area contributed by atoms with E-state index in [2.05, 4.69) is 9.88 Å². The molecule has 0 amide bonds. The summed E-state index contributed by atoms with van der Waals surface area (Å²) in [4.78, 5) is 6.35. The van der Waals surface area contributed by atoms with Gasteiger partial charge in [-0.05, 0) is 31.2 Å². The summed E-state index contributed by atoms with van der Waals surface area (Å²) in [5.41, 5.74) is 1.14. The van der Waals surface area contributed by atoms with Crippen LogP contribution in [-0.2, 0) is 30.0 Å². The highest BCUT2D eigenvalue weighted by molar-refractivity contribution is 7.91. The maximum absolute atomic E-state index is 11.6. The predicted octanol–water partition coefficient (Wildman–Crippen LogP) is 1.62. The Kier molecular flexibility index (Phi) is 4.91. The van der Waals surface area contributed by atoms with Gasteiger partial charge in [-0.3, -0.25) is 4.90 Å². The Bertz CT molecular complexity index is 784. The molecule has 0 unspecified atom stereocenters. The van der Waals surface area contributed by atoms with Crippen molar-refractivity contribution in [3.8, 4) is 5.75 Å². The molecule has 24 heavy (non-hydrogen) atoms. The number of sulfone groups is 1. The monoisotopic (exact) mass is 349 g/mol. The third-order valence-corrected chi connectivity index (χ3v) is 6.23. The Balaban J connectivity index is 1.53. The van der Waals surface area contributed by atoms with Gasteiger partial charge in [0.1, 0.15) is 18.2 Å². The van der Waals surface area contributed by atoms with Gasteiger partial charge in [-0.15, -0.1) is 0 Å². The highest BCUT2D eigenvalue weighted by Gasteiger charge is 2.30. The zero-order valence-electron chi connectivity index (χ0n) is 14.1. The van der Waals surface area contributed by atoms with Gasteiger partial charge >= 0.3 is 0 Å². The first kappa shape index (κ1) is 17.0. The molecule has 0 saturated carbocycles. The minimum Gasteiger partial charge on any atom is -0.486 e. The molecule has 0 aliphatic carbocycles. The fraction of sp³-hybridized carbons (Fsp3) is 0.471. The molecule has 2 heterocycles. The predicted molar refractivity (Wildman–Crippen MR) is 92.5 cm³/mol. The number of aromatic nitrogens is 2. The van der Waals surface area contributed by atoms with E-state index in [9.17, 15) is 8.42 Å². The fourth-order valence-corrected chi connectivity index (χ4v) is 4.72. The van der Waals surface area contributed by atoms with Gasteiger partial charge in [-0.2, -0.15) is 0 Å². The zero-order chi connectivity index (χ0) is 17.2. The number of benzene rings is 1. The standard InChI is InChI=1S/C17H23N3O3S/c1-19-9-8-18-17(19)12-23-16-5-3-14(4-6-16)11-20(2)15-7-10-24(21,22)13-15/h3-6,8-9,15H,7,10-13H2,1-2H3/t15-/m0/s1. The van der Waals surface area contributed by atoms with E-state index >= 15 is 0 Å². The van der Waals surface area contributed by atoms with Crippen molar-refractivity contribution in [1.82, 2.24) is 14.5 Å². The molecule has 0 radical (unpaired) electrons. The molecule has 0 N–H and O–H groups in total. The number of rotatable bonds is 6. The summed E-state index contributed by atoms with van der Waals surface area (Å²) in [6.07, 6.45) is 4.37. The first-order valence-electron chi connectivity index (χ1n) is 8.01. The van der Waals surface area contributed by atoms with E-state index in [1.807, 2.05) is 49.1 Å². The first-order valence-corrected chi connectivity index (χ1v) is 9.84. The molecule has 7 heteroatoms. The number of hydrogen-bond donors (Lipinski definition) is 0. The summed E-state index contributed by atoms with van der Waals surface area (Å²) in [5.74, 6) is 2.25. The molecule has 0 bridgehead atoms. The van der Waals surface area contributed by atoms with Crippen LogP contribution in [0.1, 0.15) is 17.8 Å². The van der Waals surface area contributed by atoms with E-state index in [4.69, 9.17) is 4.74 Å². The Morgan fingerprint density at radius 2 is 2.08 bits per heavy atom. The van der Waals surface area contributed by atoms with Gasteiger partial charge in [0.05, 0.1) is 11.5 Å². The number of ether oxygens (including phenoxy) is 1. The van der Waals surface area contributed by atoms with Crippen molar-refractivity contribution in [2.75, 3.05) is 18.6 Å². The molecule has 1 aromatic carbocycles. The lowest BCUT2D eigenvalue weighted by Crippen LogP contribution is -2.32. The van der Waals surface area contributed by atoms with E-state index in [0.717, 1.165) is 30.1 Å². The van der Waals surface area contributed by atoms with Crippen LogP contribution in [0.4, 0.5) is 0 Å². The summed E-state index contributed by atoms with van der Waals surface area (Å²) in [6, 6.07) is 8.05.